The number of aromatic hydroxyl groups is 1. The van der Waals surface area contributed by atoms with E-state index in [1.54, 1.807) is 37.3 Å². The summed E-state index contributed by atoms with van der Waals surface area (Å²) in [6.07, 6.45) is 0.473. The van der Waals surface area contributed by atoms with Crippen molar-refractivity contribution in [1.82, 2.24) is 0 Å². The standard InChI is InChI=1S/C26H24O5/c1-17(2)26(29)31-14-13-18-9-7-8-12-20(18)21-15-22(23(27)16-24(21)30-3)25(28)19-10-5-4-6-11-19/h4-12,15-16,27H,1,13-14H2,2-3H3. The zero-order valence-electron chi connectivity index (χ0n) is 17.6. The van der Waals surface area contributed by atoms with Crippen LogP contribution in [0.1, 0.15) is 28.4 Å². The molecule has 3 rings (SSSR count). The summed E-state index contributed by atoms with van der Waals surface area (Å²) in [7, 11) is 1.51. The molecule has 0 amide bonds. The topological polar surface area (TPSA) is 72.8 Å². The number of phenolic OH excluding ortho intramolecular Hbond substituents is 1. The number of hydrogen-bond acceptors (Lipinski definition) is 5. The number of methoxy groups -OCH3 is 1. The normalized spacial score (nSPS) is 10.4. The highest BCUT2D eigenvalue weighted by Crippen LogP contribution is 2.38. The number of phenols is 1. The number of carbonyl (C=O) groups is 2. The summed E-state index contributed by atoms with van der Waals surface area (Å²) in [6, 6.07) is 19.5. The summed E-state index contributed by atoms with van der Waals surface area (Å²) in [5, 5.41) is 10.5. The molecule has 0 aromatic heterocycles. The molecule has 0 fully saturated rings. The van der Waals surface area contributed by atoms with E-state index >= 15 is 0 Å². The van der Waals surface area contributed by atoms with Gasteiger partial charge >= 0.3 is 5.97 Å². The minimum atomic E-state index is -0.435. The first-order chi connectivity index (χ1) is 14.9. The van der Waals surface area contributed by atoms with Gasteiger partial charge in [0.15, 0.2) is 5.78 Å². The highest BCUT2D eigenvalue weighted by molar-refractivity contribution is 6.11. The van der Waals surface area contributed by atoms with Crippen molar-refractivity contribution in [2.45, 2.75) is 13.3 Å². The van der Waals surface area contributed by atoms with Gasteiger partial charge in [-0.25, -0.2) is 4.79 Å². The SMILES string of the molecule is C=C(C)C(=O)OCCc1ccccc1-c1cc(C(=O)c2ccccc2)c(O)cc1OC. The van der Waals surface area contributed by atoms with Crippen LogP contribution in [0, 0.1) is 0 Å². The monoisotopic (exact) mass is 416 g/mol. The van der Waals surface area contributed by atoms with Crippen LogP contribution >= 0.6 is 0 Å². The Morgan fingerprint density at radius 3 is 2.32 bits per heavy atom. The summed E-state index contributed by atoms with van der Waals surface area (Å²) < 4.78 is 10.7. The Bertz CT molecular complexity index is 1120. The molecule has 0 aliphatic rings. The molecule has 0 bridgehead atoms. The highest BCUT2D eigenvalue weighted by Gasteiger charge is 2.19. The molecule has 3 aromatic carbocycles. The molecule has 0 aliphatic carbocycles. The molecule has 3 aromatic rings. The van der Waals surface area contributed by atoms with E-state index in [2.05, 4.69) is 6.58 Å². The maximum absolute atomic E-state index is 13.0. The van der Waals surface area contributed by atoms with Gasteiger partial charge in [0.05, 0.1) is 19.3 Å². The zero-order valence-corrected chi connectivity index (χ0v) is 17.6. The molecule has 5 heteroatoms. The fraction of sp³-hybridized carbons (Fsp3) is 0.154. The van der Waals surface area contributed by atoms with Crippen LogP contribution in [-0.2, 0) is 16.0 Å². The third kappa shape index (κ3) is 5.01. The van der Waals surface area contributed by atoms with Gasteiger partial charge in [-0.05, 0) is 24.1 Å². The number of ether oxygens (including phenoxy) is 2. The van der Waals surface area contributed by atoms with E-state index in [4.69, 9.17) is 9.47 Å². The van der Waals surface area contributed by atoms with Crippen LogP contribution in [0.25, 0.3) is 11.1 Å². The highest BCUT2D eigenvalue weighted by atomic mass is 16.5. The summed E-state index contributed by atoms with van der Waals surface area (Å²) in [5.41, 5.74) is 3.42. The number of hydrogen-bond donors (Lipinski definition) is 1. The second kappa shape index (κ2) is 9.76. The molecule has 158 valence electrons. The Kier molecular flexibility index (Phi) is 6.88. The molecule has 0 unspecified atom stereocenters. The molecule has 0 saturated heterocycles. The van der Waals surface area contributed by atoms with Gasteiger partial charge in [-0.15, -0.1) is 0 Å². The van der Waals surface area contributed by atoms with Crippen LogP contribution in [-0.4, -0.2) is 30.6 Å². The number of esters is 1. The van der Waals surface area contributed by atoms with Gasteiger partial charge in [0.2, 0.25) is 0 Å². The van der Waals surface area contributed by atoms with Crippen LogP contribution in [0.15, 0.2) is 78.9 Å². The summed E-state index contributed by atoms with van der Waals surface area (Å²) in [5.74, 6) is -0.430. The summed E-state index contributed by atoms with van der Waals surface area (Å²) in [6.45, 7) is 5.37. The molecular formula is C26H24O5. The van der Waals surface area contributed by atoms with Crippen molar-refractivity contribution in [1.29, 1.82) is 0 Å². The lowest BCUT2D eigenvalue weighted by Crippen LogP contribution is -2.08. The van der Waals surface area contributed by atoms with Crippen LogP contribution in [0.3, 0.4) is 0 Å². The van der Waals surface area contributed by atoms with Crippen LogP contribution < -0.4 is 4.74 Å². The lowest BCUT2D eigenvalue weighted by Gasteiger charge is -2.16. The average molecular weight is 416 g/mol. The summed E-state index contributed by atoms with van der Waals surface area (Å²) >= 11 is 0. The molecule has 0 atom stereocenters. The third-order valence-corrected chi connectivity index (χ3v) is 4.86. The van der Waals surface area contributed by atoms with Gasteiger partial charge in [-0.3, -0.25) is 4.79 Å². The number of benzene rings is 3. The van der Waals surface area contributed by atoms with E-state index in [1.165, 1.54) is 13.2 Å². The van der Waals surface area contributed by atoms with E-state index in [0.29, 0.717) is 28.9 Å². The van der Waals surface area contributed by atoms with Gasteiger partial charge in [-0.1, -0.05) is 61.2 Å². The first-order valence-electron chi connectivity index (χ1n) is 9.84. The Hall–Kier alpha value is -3.86. The molecule has 5 nitrogen and oxygen atoms in total. The van der Waals surface area contributed by atoms with Crippen molar-refractivity contribution in [3.63, 3.8) is 0 Å². The van der Waals surface area contributed by atoms with Crippen LogP contribution in [0.4, 0.5) is 0 Å². The van der Waals surface area contributed by atoms with Crippen molar-refractivity contribution in [3.8, 4) is 22.6 Å². The second-order valence-corrected chi connectivity index (χ2v) is 7.09. The Morgan fingerprint density at radius 2 is 1.65 bits per heavy atom. The Balaban J connectivity index is 2.00. The molecule has 0 heterocycles. The summed E-state index contributed by atoms with van der Waals surface area (Å²) in [4.78, 5) is 24.7. The fourth-order valence-electron chi connectivity index (χ4n) is 3.25. The van der Waals surface area contributed by atoms with E-state index < -0.39 is 5.97 Å². The number of ketones is 1. The predicted octanol–water partition coefficient (Wildman–Crippen LogP) is 4.96. The van der Waals surface area contributed by atoms with Crippen LogP contribution in [0.5, 0.6) is 11.5 Å². The minimum Gasteiger partial charge on any atom is -0.507 e. The van der Waals surface area contributed by atoms with Crippen LogP contribution in [0.2, 0.25) is 0 Å². The zero-order chi connectivity index (χ0) is 22.4. The maximum atomic E-state index is 13.0. The van der Waals surface area contributed by atoms with Crippen molar-refractivity contribution >= 4 is 11.8 Å². The largest absolute Gasteiger partial charge is 0.507 e. The van der Waals surface area contributed by atoms with Gasteiger partial charge < -0.3 is 14.6 Å². The van der Waals surface area contributed by atoms with Gasteiger partial charge in [0, 0.05) is 29.2 Å². The first kappa shape index (κ1) is 21.8. The first-order valence-corrected chi connectivity index (χ1v) is 9.84. The van der Waals surface area contributed by atoms with E-state index in [1.807, 2.05) is 30.3 Å². The molecule has 0 spiro atoms. The smallest absolute Gasteiger partial charge is 0.333 e. The lowest BCUT2D eigenvalue weighted by atomic mass is 9.93. The molecule has 0 aliphatic heterocycles. The minimum absolute atomic E-state index is 0.151. The quantitative estimate of drug-likeness (QED) is 0.319. The maximum Gasteiger partial charge on any atom is 0.333 e. The molecule has 31 heavy (non-hydrogen) atoms. The van der Waals surface area contributed by atoms with Crippen molar-refractivity contribution < 1.29 is 24.2 Å². The van der Waals surface area contributed by atoms with E-state index in [9.17, 15) is 14.7 Å². The molecule has 0 saturated carbocycles. The van der Waals surface area contributed by atoms with E-state index in [0.717, 1.165) is 11.1 Å². The van der Waals surface area contributed by atoms with E-state index in [-0.39, 0.29) is 23.7 Å². The number of rotatable bonds is 8. The number of carbonyl (C=O) groups excluding carboxylic acids is 2. The Morgan fingerprint density at radius 1 is 0.968 bits per heavy atom. The van der Waals surface area contributed by atoms with Crippen molar-refractivity contribution in [2.24, 2.45) is 0 Å². The molecule has 0 radical (unpaired) electrons. The average Bonchev–Trinajstić information content (AvgIpc) is 2.79. The lowest BCUT2D eigenvalue weighted by molar-refractivity contribution is -0.138. The molecule has 1 N–H and O–H groups in total. The Labute approximate surface area is 181 Å². The van der Waals surface area contributed by atoms with Crippen molar-refractivity contribution in [3.05, 3.63) is 95.6 Å². The molecular weight excluding hydrogens is 392 g/mol. The van der Waals surface area contributed by atoms with Gasteiger partial charge in [-0.2, -0.15) is 0 Å². The van der Waals surface area contributed by atoms with Gasteiger partial charge in [0.25, 0.3) is 0 Å². The predicted molar refractivity (Wildman–Crippen MR) is 119 cm³/mol. The third-order valence-electron chi connectivity index (χ3n) is 4.86. The fourth-order valence-corrected chi connectivity index (χ4v) is 3.25. The van der Waals surface area contributed by atoms with Crippen molar-refractivity contribution in [2.75, 3.05) is 13.7 Å². The second-order valence-electron chi connectivity index (χ2n) is 7.09. The van der Waals surface area contributed by atoms with Gasteiger partial charge in [0.1, 0.15) is 11.5 Å².